The van der Waals surface area contributed by atoms with Crippen LogP contribution in [0.15, 0.2) is 71.4 Å². The van der Waals surface area contributed by atoms with E-state index in [2.05, 4.69) is 10.6 Å². The molecule has 3 aromatic carbocycles. The Morgan fingerprint density at radius 1 is 0.914 bits per heavy atom. The molecule has 1 aliphatic rings. The lowest BCUT2D eigenvalue weighted by Crippen LogP contribution is -2.32. The normalized spacial score (nSPS) is 13.3. The van der Waals surface area contributed by atoms with Gasteiger partial charge in [0.2, 0.25) is 0 Å². The van der Waals surface area contributed by atoms with Crippen molar-refractivity contribution >= 4 is 81.2 Å². The SMILES string of the molecule is COc1ccc(Cl)cc1N1C(=O)C(Cl)=C(Nc2ccc(C(=O)Nc3cccc(Cl)c3Cl)cc2)C1=O. The van der Waals surface area contributed by atoms with Crippen molar-refractivity contribution in [2.24, 2.45) is 0 Å². The summed E-state index contributed by atoms with van der Waals surface area (Å²) in [7, 11) is 1.41. The van der Waals surface area contributed by atoms with Crippen molar-refractivity contribution in [3.05, 3.63) is 92.0 Å². The van der Waals surface area contributed by atoms with E-state index in [1.54, 1.807) is 36.4 Å². The average molecular weight is 551 g/mol. The molecule has 3 amide bonds. The second-order valence-electron chi connectivity index (χ2n) is 7.21. The van der Waals surface area contributed by atoms with E-state index in [4.69, 9.17) is 51.1 Å². The van der Waals surface area contributed by atoms with Crippen LogP contribution in [-0.2, 0) is 9.59 Å². The first-order valence-corrected chi connectivity index (χ1v) is 11.5. The van der Waals surface area contributed by atoms with Crippen LogP contribution in [-0.4, -0.2) is 24.8 Å². The van der Waals surface area contributed by atoms with Gasteiger partial charge in [-0.2, -0.15) is 0 Å². The average Bonchev–Trinajstić information content (AvgIpc) is 3.05. The summed E-state index contributed by atoms with van der Waals surface area (Å²) in [5.41, 5.74) is 1.16. The quantitative estimate of drug-likeness (QED) is 0.349. The molecule has 0 aromatic heterocycles. The summed E-state index contributed by atoms with van der Waals surface area (Å²) in [5.74, 6) is -1.55. The van der Waals surface area contributed by atoms with Crippen molar-refractivity contribution in [1.29, 1.82) is 0 Å². The molecule has 0 saturated heterocycles. The Kier molecular flexibility index (Phi) is 7.23. The second-order valence-corrected chi connectivity index (χ2v) is 8.81. The summed E-state index contributed by atoms with van der Waals surface area (Å²) in [6, 6.07) is 15.6. The molecule has 0 saturated carbocycles. The van der Waals surface area contributed by atoms with Crippen molar-refractivity contribution in [3.8, 4) is 5.75 Å². The highest BCUT2D eigenvalue weighted by molar-refractivity contribution is 6.53. The highest BCUT2D eigenvalue weighted by atomic mass is 35.5. The third-order valence-corrected chi connectivity index (χ3v) is 6.43. The zero-order chi connectivity index (χ0) is 25.3. The lowest BCUT2D eigenvalue weighted by atomic mass is 10.2. The standard InChI is InChI=1S/C24H15Cl4N3O4/c1-35-18-10-7-13(25)11-17(18)31-23(33)20(28)21(24(31)34)29-14-8-5-12(6-9-14)22(32)30-16-4-2-3-15(26)19(16)27/h2-11,29H,1H3,(H,30,32). The molecule has 0 spiro atoms. The Balaban J connectivity index is 1.52. The maximum Gasteiger partial charge on any atom is 0.283 e. The molecule has 0 atom stereocenters. The van der Waals surface area contributed by atoms with Crippen LogP contribution in [0.25, 0.3) is 0 Å². The first kappa shape index (κ1) is 24.9. The summed E-state index contributed by atoms with van der Waals surface area (Å²) in [4.78, 5) is 39.3. The number of hydrogen-bond acceptors (Lipinski definition) is 5. The number of rotatable bonds is 6. The van der Waals surface area contributed by atoms with E-state index >= 15 is 0 Å². The molecule has 4 rings (SSSR count). The van der Waals surface area contributed by atoms with Crippen LogP contribution in [0.1, 0.15) is 10.4 Å². The highest BCUT2D eigenvalue weighted by Gasteiger charge is 2.40. The van der Waals surface area contributed by atoms with Crippen LogP contribution in [0.3, 0.4) is 0 Å². The number of methoxy groups -OCH3 is 1. The summed E-state index contributed by atoms with van der Waals surface area (Å²) in [5, 5.41) is 6.09. The highest BCUT2D eigenvalue weighted by Crippen LogP contribution is 2.37. The largest absolute Gasteiger partial charge is 0.495 e. The second kappa shape index (κ2) is 10.2. The molecule has 7 nitrogen and oxygen atoms in total. The third-order valence-electron chi connectivity index (χ3n) is 5.03. The molecule has 1 aliphatic heterocycles. The van der Waals surface area contributed by atoms with Gasteiger partial charge in [-0.25, -0.2) is 4.90 Å². The van der Waals surface area contributed by atoms with E-state index in [0.717, 1.165) is 4.90 Å². The van der Waals surface area contributed by atoms with Gasteiger partial charge in [0, 0.05) is 16.3 Å². The number of ether oxygens (including phenoxy) is 1. The van der Waals surface area contributed by atoms with Gasteiger partial charge in [0.05, 0.1) is 28.5 Å². The van der Waals surface area contributed by atoms with E-state index in [9.17, 15) is 14.4 Å². The smallest absolute Gasteiger partial charge is 0.283 e. The van der Waals surface area contributed by atoms with E-state index in [1.807, 2.05) is 0 Å². The number of carbonyl (C=O) groups is 3. The van der Waals surface area contributed by atoms with Gasteiger partial charge >= 0.3 is 0 Å². The molecule has 3 aromatic rings. The number of imide groups is 1. The molecule has 2 N–H and O–H groups in total. The van der Waals surface area contributed by atoms with Gasteiger partial charge in [-0.1, -0.05) is 52.5 Å². The van der Waals surface area contributed by atoms with Crippen molar-refractivity contribution in [2.75, 3.05) is 22.6 Å². The van der Waals surface area contributed by atoms with Crippen LogP contribution in [0, 0.1) is 0 Å². The molecular weight excluding hydrogens is 536 g/mol. The molecule has 0 fully saturated rings. The van der Waals surface area contributed by atoms with Gasteiger partial charge in [-0.3, -0.25) is 14.4 Å². The lowest BCUT2D eigenvalue weighted by molar-refractivity contribution is -0.120. The zero-order valence-electron chi connectivity index (χ0n) is 17.9. The number of anilines is 3. The molecule has 0 aliphatic carbocycles. The van der Waals surface area contributed by atoms with Gasteiger partial charge in [0.25, 0.3) is 17.7 Å². The summed E-state index contributed by atoms with van der Waals surface area (Å²) in [6.45, 7) is 0. The van der Waals surface area contributed by atoms with Gasteiger partial charge < -0.3 is 15.4 Å². The first-order valence-electron chi connectivity index (χ1n) is 9.95. The molecule has 0 radical (unpaired) electrons. The number of hydrogen-bond donors (Lipinski definition) is 2. The van der Waals surface area contributed by atoms with Crippen molar-refractivity contribution in [3.63, 3.8) is 0 Å². The van der Waals surface area contributed by atoms with Gasteiger partial charge in [-0.15, -0.1) is 0 Å². The number of nitrogens with one attached hydrogen (secondary N) is 2. The van der Waals surface area contributed by atoms with Crippen molar-refractivity contribution in [1.82, 2.24) is 0 Å². The van der Waals surface area contributed by atoms with Gasteiger partial charge in [0.1, 0.15) is 16.5 Å². The molecule has 35 heavy (non-hydrogen) atoms. The van der Waals surface area contributed by atoms with Crippen LogP contribution in [0.5, 0.6) is 5.75 Å². The van der Waals surface area contributed by atoms with Gasteiger partial charge in [0.15, 0.2) is 0 Å². The predicted molar refractivity (Wildman–Crippen MR) is 138 cm³/mol. The van der Waals surface area contributed by atoms with Crippen LogP contribution >= 0.6 is 46.4 Å². The number of amides is 3. The molecule has 178 valence electrons. The Morgan fingerprint density at radius 3 is 2.31 bits per heavy atom. The topological polar surface area (TPSA) is 87.7 Å². The Labute approximate surface area is 220 Å². The maximum atomic E-state index is 13.1. The fourth-order valence-electron chi connectivity index (χ4n) is 3.31. The maximum absolute atomic E-state index is 13.1. The molecule has 0 unspecified atom stereocenters. The van der Waals surface area contributed by atoms with E-state index < -0.39 is 17.7 Å². The van der Waals surface area contributed by atoms with E-state index in [1.165, 1.54) is 31.4 Å². The number of halogens is 4. The summed E-state index contributed by atoms with van der Waals surface area (Å²) >= 11 is 24.3. The Hall–Kier alpha value is -3.23. The summed E-state index contributed by atoms with van der Waals surface area (Å²) in [6.07, 6.45) is 0. The summed E-state index contributed by atoms with van der Waals surface area (Å²) < 4.78 is 5.25. The van der Waals surface area contributed by atoms with Crippen molar-refractivity contribution < 1.29 is 19.1 Å². The molecule has 0 bridgehead atoms. The van der Waals surface area contributed by atoms with E-state index in [-0.39, 0.29) is 27.2 Å². The number of nitrogens with zero attached hydrogens (tertiary/aromatic N) is 1. The minimum Gasteiger partial charge on any atom is -0.495 e. The zero-order valence-corrected chi connectivity index (χ0v) is 20.9. The van der Waals surface area contributed by atoms with Crippen LogP contribution in [0.4, 0.5) is 17.1 Å². The monoisotopic (exact) mass is 549 g/mol. The Bertz CT molecular complexity index is 1390. The molecular formula is C24H15Cl4N3O4. The minimum absolute atomic E-state index is 0.124. The minimum atomic E-state index is -0.728. The molecule has 11 heteroatoms. The predicted octanol–water partition coefficient (Wildman–Crippen LogP) is 6.34. The number of carbonyl (C=O) groups excluding carboxylic acids is 3. The lowest BCUT2D eigenvalue weighted by Gasteiger charge is -2.18. The Morgan fingerprint density at radius 2 is 1.63 bits per heavy atom. The van der Waals surface area contributed by atoms with Crippen LogP contribution in [0.2, 0.25) is 15.1 Å². The fraction of sp³-hybridized carbons (Fsp3) is 0.0417. The first-order chi connectivity index (χ1) is 16.7. The van der Waals surface area contributed by atoms with Gasteiger partial charge in [-0.05, 0) is 54.6 Å². The van der Waals surface area contributed by atoms with Crippen molar-refractivity contribution in [2.45, 2.75) is 0 Å². The third kappa shape index (κ3) is 4.94. The number of benzene rings is 3. The fourth-order valence-corrected chi connectivity index (χ4v) is 4.04. The van der Waals surface area contributed by atoms with E-state index in [0.29, 0.717) is 27.0 Å². The van der Waals surface area contributed by atoms with Crippen LogP contribution < -0.4 is 20.3 Å². The molecule has 1 heterocycles.